The van der Waals surface area contributed by atoms with Crippen LogP contribution in [0.5, 0.6) is 0 Å². The molecule has 0 unspecified atom stereocenters. The van der Waals surface area contributed by atoms with Crippen LogP contribution in [0.1, 0.15) is 106 Å². The van der Waals surface area contributed by atoms with Crippen LogP contribution in [0.4, 0.5) is 34.1 Å². The monoisotopic (exact) mass is 920 g/mol. The molecule has 0 bridgehead atoms. The average Bonchev–Trinajstić information content (AvgIpc) is 3.21. The Labute approximate surface area is 377 Å². The fourth-order valence-electron chi connectivity index (χ4n) is 9.60. The van der Waals surface area contributed by atoms with Crippen LogP contribution in [0.3, 0.4) is 0 Å². The maximum Gasteiger partial charge on any atom is 0.0520 e. The van der Waals surface area contributed by atoms with Crippen molar-refractivity contribution in [1.29, 1.82) is 0 Å². The van der Waals surface area contributed by atoms with Gasteiger partial charge in [-0.1, -0.05) is 94.9 Å². The zero-order valence-electron chi connectivity index (χ0n) is 38.0. The Morgan fingerprint density at radius 2 is 0.683 bits per heavy atom. The van der Waals surface area contributed by atoms with Crippen molar-refractivity contribution in [2.45, 2.75) is 122 Å². The summed E-state index contributed by atoms with van der Waals surface area (Å²) in [4.78, 5) is 5.00. The van der Waals surface area contributed by atoms with Crippen molar-refractivity contribution in [3.05, 3.63) is 161 Å². The number of nitrogens with zero attached hydrogens (tertiary/aromatic N) is 2. The molecule has 0 aliphatic carbocycles. The summed E-state index contributed by atoms with van der Waals surface area (Å²) in [7, 11) is 0. The van der Waals surface area contributed by atoms with Crippen molar-refractivity contribution in [2.75, 3.05) is 9.80 Å². The lowest BCUT2D eigenvalue weighted by Gasteiger charge is -2.31. The molecular formula is C56H62Br2N2. The number of rotatable bonds is 12. The van der Waals surface area contributed by atoms with Gasteiger partial charge in [-0.2, -0.15) is 0 Å². The van der Waals surface area contributed by atoms with Crippen LogP contribution < -0.4 is 9.80 Å². The van der Waals surface area contributed by atoms with Gasteiger partial charge in [0.25, 0.3) is 0 Å². The molecule has 0 heterocycles. The molecule has 0 saturated carbocycles. The molecule has 0 saturated heterocycles. The second-order valence-electron chi connectivity index (χ2n) is 17.5. The standard InChI is InChI=1S/C56H62Br2N2/c1-13-15-17-43-23-37(7)55(38(8)24-43)59(47-27-33(3)53(57)34(4)28-47)45-19-21-49-50-22-20-46(32-52(50)42(12)41(11)51(49)31-45)60(48-29-35(5)54(58)36(6)30-48)56-39(9)25-44(18-16-14-2)26-40(56)10/h19-32H,13-18H2,1-12H3. The van der Waals surface area contributed by atoms with E-state index in [4.69, 9.17) is 0 Å². The molecule has 0 spiro atoms. The maximum absolute atomic E-state index is 3.85. The lowest BCUT2D eigenvalue weighted by molar-refractivity contribution is 0.794. The quantitative estimate of drug-likeness (QED) is 0.113. The van der Waals surface area contributed by atoms with Gasteiger partial charge in [-0.05, 0) is 232 Å². The van der Waals surface area contributed by atoms with E-state index < -0.39 is 0 Å². The van der Waals surface area contributed by atoms with Crippen molar-refractivity contribution in [3.63, 3.8) is 0 Å². The molecule has 0 atom stereocenters. The minimum absolute atomic E-state index is 1.11. The molecule has 2 nitrogen and oxygen atoms in total. The largest absolute Gasteiger partial charge is 0.310 e. The number of halogens is 2. The Hall–Kier alpha value is -4.38. The first kappa shape index (κ1) is 43.7. The van der Waals surface area contributed by atoms with Crippen LogP contribution in [0, 0.1) is 69.2 Å². The van der Waals surface area contributed by atoms with Crippen molar-refractivity contribution in [1.82, 2.24) is 0 Å². The van der Waals surface area contributed by atoms with E-state index in [0.717, 1.165) is 12.8 Å². The normalized spacial score (nSPS) is 11.6. The van der Waals surface area contributed by atoms with Gasteiger partial charge < -0.3 is 9.80 Å². The fourth-order valence-corrected chi connectivity index (χ4v) is 10.1. The Bertz CT molecular complexity index is 2490. The number of unbranched alkanes of at least 4 members (excludes halogenated alkanes) is 2. The third-order valence-electron chi connectivity index (χ3n) is 12.7. The first-order chi connectivity index (χ1) is 28.6. The van der Waals surface area contributed by atoms with Gasteiger partial charge in [0.05, 0.1) is 11.4 Å². The van der Waals surface area contributed by atoms with Gasteiger partial charge in [-0.25, -0.2) is 0 Å². The predicted molar refractivity (Wildman–Crippen MR) is 271 cm³/mol. The number of anilines is 6. The zero-order chi connectivity index (χ0) is 43.2. The maximum atomic E-state index is 3.85. The van der Waals surface area contributed by atoms with E-state index in [2.05, 4.69) is 210 Å². The lowest BCUT2D eigenvalue weighted by atomic mass is 9.91. The topological polar surface area (TPSA) is 6.48 Å². The van der Waals surface area contributed by atoms with Gasteiger partial charge in [0.1, 0.15) is 0 Å². The number of hydrogen-bond acceptors (Lipinski definition) is 2. The van der Waals surface area contributed by atoms with Gasteiger partial charge in [0, 0.05) is 31.7 Å². The van der Waals surface area contributed by atoms with E-state index in [1.165, 1.54) is 157 Å². The molecule has 7 aromatic rings. The molecule has 60 heavy (non-hydrogen) atoms. The van der Waals surface area contributed by atoms with Gasteiger partial charge >= 0.3 is 0 Å². The van der Waals surface area contributed by atoms with Gasteiger partial charge in [0.2, 0.25) is 0 Å². The molecule has 0 radical (unpaired) electrons. The van der Waals surface area contributed by atoms with Crippen molar-refractivity contribution in [2.24, 2.45) is 0 Å². The summed E-state index contributed by atoms with van der Waals surface area (Å²) in [5.41, 5.74) is 22.9. The van der Waals surface area contributed by atoms with Crippen LogP contribution in [-0.2, 0) is 12.8 Å². The Morgan fingerprint density at radius 1 is 0.367 bits per heavy atom. The summed E-state index contributed by atoms with van der Waals surface area (Å²) in [6.45, 7) is 27.1. The van der Waals surface area contributed by atoms with Crippen molar-refractivity contribution in [3.8, 4) is 0 Å². The third kappa shape index (κ3) is 8.32. The van der Waals surface area contributed by atoms with E-state index in [1.54, 1.807) is 0 Å². The van der Waals surface area contributed by atoms with Gasteiger partial charge in [-0.3, -0.25) is 0 Å². The highest BCUT2D eigenvalue weighted by Gasteiger charge is 2.23. The summed E-state index contributed by atoms with van der Waals surface area (Å²) >= 11 is 7.71. The Morgan fingerprint density at radius 3 is 0.983 bits per heavy atom. The highest BCUT2D eigenvalue weighted by molar-refractivity contribution is 9.10. The highest BCUT2D eigenvalue weighted by Crippen LogP contribution is 2.46. The number of hydrogen-bond donors (Lipinski definition) is 0. The van der Waals surface area contributed by atoms with Gasteiger partial charge in [0.15, 0.2) is 0 Å². The summed E-state index contributed by atoms with van der Waals surface area (Å²) < 4.78 is 2.34. The number of aryl methyl sites for hydroxylation is 12. The summed E-state index contributed by atoms with van der Waals surface area (Å²) in [6, 6.07) is 33.3. The zero-order valence-corrected chi connectivity index (χ0v) is 41.1. The Balaban J connectivity index is 1.42. The molecule has 4 heteroatoms. The molecule has 0 amide bonds. The van der Waals surface area contributed by atoms with E-state index in [9.17, 15) is 0 Å². The summed E-state index contributed by atoms with van der Waals surface area (Å²) in [6.07, 6.45) is 7.04. The number of fused-ring (bicyclic) bond motifs is 3. The lowest BCUT2D eigenvalue weighted by Crippen LogP contribution is -2.14. The minimum Gasteiger partial charge on any atom is -0.310 e. The molecule has 7 rings (SSSR count). The smallest absolute Gasteiger partial charge is 0.0520 e. The second-order valence-corrected chi connectivity index (χ2v) is 19.1. The molecule has 0 N–H and O–H groups in total. The van der Waals surface area contributed by atoms with Crippen LogP contribution in [0.15, 0.2) is 93.9 Å². The third-order valence-corrected chi connectivity index (χ3v) is 15.2. The fraction of sp³-hybridized carbons (Fsp3) is 0.321. The summed E-state index contributed by atoms with van der Waals surface area (Å²) in [5.74, 6) is 0. The Kier molecular flexibility index (Phi) is 13.0. The van der Waals surface area contributed by atoms with Crippen LogP contribution in [-0.4, -0.2) is 0 Å². The minimum atomic E-state index is 1.11. The predicted octanol–water partition coefficient (Wildman–Crippen LogP) is 18.2. The molecule has 0 aliphatic heterocycles. The van der Waals surface area contributed by atoms with Crippen molar-refractivity contribution >= 4 is 87.5 Å². The molecule has 310 valence electrons. The average molecular weight is 923 g/mol. The molecule has 7 aromatic carbocycles. The highest BCUT2D eigenvalue weighted by atomic mass is 79.9. The van der Waals surface area contributed by atoms with Crippen LogP contribution in [0.2, 0.25) is 0 Å². The SMILES string of the molecule is CCCCc1cc(C)c(N(c2cc(C)c(Br)c(C)c2)c2ccc3c(c2)c(C)c(C)c2cc(N(c4cc(C)c(Br)c(C)c4)c4c(C)cc(CCCC)cc4C)ccc23)c(C)c1. The molecule has 0 fully saturated rings. The second kappa shape index (κ2) is 17.9. The summed E-state index contributed by atoms with van der Waals surface area (Å²) in [5, 5.41) is 5.15. The molecular weight excluding hydrogens is 860 g/mol. The molecule has 0 aliphatic rings. The van der Waals surface area contributed by atoms with E-state index >= 15 is 0 Å². The van der Waals surface area contributed by atoms with Crippen molar-refractivity contribution < 1.29 is 0 Å². The van der Waals surface area contributed by atoms with E-state index in [-0.39, 0.29) is 0 Å². The first-order valence-electron chi connectivity index (χ1n) is 21.9. The first-order valence-corrected chi connectivity index (χ1v) is 23.5. The van der Waals surface area contributed by atoms with Gasteiger partial charge in [-0.15, -0.1) is 0 Å². The van der Waals surface area contributed by atoms with Crippen LogP contribution >= 0.6 is 31.9 Å². The van der Waals surface area contributed by atoms with E-state index in [0.29, 0.717) is 0 Å². The van der Waals surface area contributed by atoms with Crippen LogP contribution in [0.25, 0.3) is 21.5 Å². The van der Waals surface area contributed by atoms with E-state index in [1.807, 2.05) is 0 Å². The molecule has 0 aromatic heterocycles. The number of benzene rings is 7.